The molecule has 0 aliphatic heterocycles. The molecular weight excluding hydrogens is 399 g/mol. The number of carbonyl (C=O) groups excluding carboxylic acids is 1. The van der Waals surface area contributed by atoms with Gasteiger partial charge < -0.3 is 15.3 Å². The fourth-order valence-corrected chi connectivity index (χ4v) is 2.29. The van der Waals surface area contributed by atoms with E-state index in [2.05, 4.69) is 23.3 Å². The van der Waals surface area contributed by atoms with E-state index in [1.54, 1.807) is 24.3 Å². The molecule has 29 heavy (non-hydrogen) atoms. The zero-order valence-electron chi connectivity index (χ0n) is 14.8. The molecule has 9 heteroatoms. The summed E-state index contributed by atoms with van der Waals surface area (Å²) in [5.74, 6) is -1.69. The zero-order valence-corrected chi connectivity index (χ0v) is 15.6. The molecule has 3 aromatic rings. The number of carboxylic acid groups (broad SMARTS) is 1. The lowest BCUT2D eigenvalue weighted by molar-refractivity contribution is 0.0696. The normalized spacial score (nSPS) is 9.55. The van der Waals surface area contributed by atoms with Gasteiger partial charge in [0.05, 0.1) is 16.8 Å². The first-order chi connectivity index (χ1) is 14.0. The van der Waals surface area contributed by atoms with Crippen LogP contribution in [0.5, 0.6) is 5.75 Å². The molecule has 0 aliphatic carbocycles. The van der Waals surface area contributed by atoms with Crippen LogP contribution in [-0.4, -0.2) is 21.2 Å². The second kappa shape index (κ2) is 10.5. The summed E-state index contributed by atoms with van der Waals surface area (Å²) in [5, 5.41) is 11.5. The third kappa shape index (κ3) is 6.08. The maximum absolute atomic E-state index is 13.6. The number of carbonyl (C=O) groups is 2. The van der Waals surface area contributed by atoms with Crippen LogP contribution >= 0.6 is 0 Å². The number of anilines is 2. The van der Waals surface area contributed by atoms with Crippen LogP contribution in [0.25, 0.3) is 0 Å². The van der Waals surface area contributed by atoms with Gasteiger partial charge in [-0.3, -0.25) is 4.79 Å². The molecule has 0 aliphatic rings. The maximum atomic E-state index is 13.6. The van der Waals surface area contributed by atoms with Crippen molar-refractivity contribution >= 4 is 35.8 Å². The van der Waals surface area contributed by atoms with Crippen LogP contribution in [0.15, 0.2) is 72.8 Å². The lowest BCUT2D eigenvalue weighted by Crippen LogP contribution is -2.16. The van der Waals surface area contributed by atoms with Crippen molar-refractivity contribution in [2.75, 3.05) is 10.8 Å². The number of benzene rings is 3. The average molecular weight is 414 g/mol. The van der Waals surface area contributed by atoms with Crippen molar-refractivity contribution in [1.82, 2.24) is 0 Å². The number of para-hydroxylation sites is 1. The molecule has 7 nitrogen and oxygen atoms in total. The maximum Gasteiger partial charge on any atom is 0.335 e. The van der Waals surface area contributed by atoms with E-state index in [0.29, 0.717) is 11.4 Å². The van der Waals surface area contributed by atoms with Gasteiger partial charge in [0.25, 0.3) is 5.91 Å². The number of aromatic carboxylic acids is 1. The molecule has 0 atom stereocenters. The largest absolute Gasteiger partial charge is 0.478 e. The Hall–Kier alpha value is -3.85. The summed E-state index contributed by atoms with van der Waals surface area (Å²) >= 11 is 2.83. The molecule has 3 rings (SSSR count). The molecule has 0 radical (unpaired) electrons. The Bertz CT molecular complexity index is 984. The van der Waals surface area contributed by atoms with Crippen molar-refractivity contribution in [2.24, 2.45) is 0 Å². The number of amides is 1. The molecule has 0 fully saturated rings. The fourth-order valence-electron chi connectivity index (χ4n) is 2.29. The molecule has 0 spiro atoms. The van der Waals surface area contributed by atoms with Gasteiger partial charge in [0, 0.05) is 5.69 Å². The Morgan fingerprint density at radius 3 is 2.21 bits per heavy atom. The molecule has 3 N–H and O–H groups in total. The Kier molecular flexibility index (Phi) is 7.75. The summed E-state index contributed by atoms with van der Waals surface area (Å²) in [7, 11) is 0. The first kappa shape index (κ1) is 21.5. The SMILES string of the molecule is O=C(O)c1ccc(NC(=O)c2cc(F)ccc2NOc2ccccc2)cc1.O=S. The summed E-state index contributed by atoms with van der Waals surface area (Å²) in [5.41, 5.74) is 3.43. The second-order valence-corrected chi connectivity index (χ2v) is 5.54. The third-order valence-electron chi connectivity index (χ3n) is 3.64. The van der Waals surface area contributed by atoms with E-state index in [1.165, 1.54) is 36.4 Å². The van der Waals surface area contributed by atoms with Crippen molar-refractivity contribution < 1.29 is 28.1 Å². The first-order valence-corrected chi connectivity index (χ1v) is 8.45. The van der Waals surface area contributed by atoms with Crippen LogP contribution in [0.1, 0.15) is 20.7 Å². The molecule has 0 bridgehead atoms. The molecule has 0 saturated heterocycles. The minimum Gasteiger partial charge on any atom is -0.478 e. The highest BCUT2D eigenvalue weighted by Crippen LogP contribution is 2.21. The van der Waals surface area contributed by atoms with Gasteiger partial charge >= 0.3 is 5.97 Å². The Morgan fingerprint density at radius 1 is 0.931 bits per heavy atom. The van der Waals surface area contributed by atoms with Gasteiger partial charge in [0.1, 0.15) is 5.82 Å². The molecule has 0 aromatic heterocycles. The van der Waals surface area contributed by atoms with E-state index in [1.807, 2.05) is 6.07 Å². The van der Waals surface area contributed by atoms with Crippen LogP contribution in [0.2, 0.25) is 0 Å². The van der Waals surface area contributed by atoms with Gasteiger partial charge in [-0.05, 0) is 54.6 Å². The van der Waals surface area contributed by atoms with E-state index < -0.39 is 17.7 Å². The van der Waals surface area contributed by atoms with E-state index in [-0.39, 0.29) is 16.8 Å². The summed E-state index contributed by atoms with van der Waals surface area (Å²) in [6.45, 7) is 0. The van der Waals surface area contributed by atoms with Gasteiger partial charge in [0.15, 0.2) is 18.3 Å². The third-order valence-corrected chi connectivity index (χ3v) is 3.64. The summed E-state index contributed by atoms with van der Waals surface area (Å²) < 4.78 is 21.5. The van der Waals surface area contributed by atoms with Crippen molar-refractivity contribution in [2.45, 2.75) is 0 Å². The van der Waals surface area contributed by atoms with E-state index in [0.717, 1.165) is 6.07 Å². The summed E-state index contributed by atoms with van der Waals surface area (Å²) in [4.78, 5) is 28.8. The standard InChI is InChI=1S/C20H15FN2O4.OS/c21-14-8-11-18(23-27-16-4-2-1-3-5-16)17(12-14)19(24)22-15-9-6-13(7-10-15)20(25)26;1-2/h1-12,23H,(H,22,24)(H,25,26);. The first-order valence-electron chi connectivity index (χ1n) is 8.12. The second-order valence-electron chi connectivity index (χ2n) is 5.54. The zero-order chi connectivity index (χ0) is 21.2. The van der Waals surface area contributed by atoms with Gasteiger partial charge in [-0.2, -0.15) is 4.21 Å². The van der Waals surface area contributed by atoms with Gasteiger partial charge in [-0.1, -0.05) is 18.2 Å². The van der Waals surface area contributed by atoms with Crippen molar-refractivity contribution in [3.05, 3.63) is 89.7 Å². The number of hydrogen-bond donors (Lipinski definition) is 3. The molecule has 3 aromatic carbocycles. The highest BCUT2D eigenvalue weighted by molar-refractivity contribution is 7.44. The van der Waals surface area contributed by atoms with Crippen LogP contribution in [0.4, 0.5) is 15.8 Å². The Morgan fingerprint density at radius 2 is 1.59 bits per heavy atom. The molecule has 1 amide bonds. The number of carboxylic acids is 1. The van der Waals surface area contributed by atoms with Crippen LogP contribution < -0.4 is 15.6 Å². The smallest absolute Gasteiger partial charge is 0.335 e. The fraction of sp³-hybridized carbons (Fsp3) is 0. The molecule has 0 heterocycles. The predicted octanol–water partition coefficient (Wildman–Crippen LogP) is 3.85. The van der Waals surface area contributed by atoms with Gasteiger partial charge in [-0.25, -0.2) is 14.7 Å². The lowest BCUT2D eigenvalue weighted by atomic mass is 10.1. The minimum atomic E-state index is -1.07. The van der Waals surface area contributed by atoms with E-state index in [9.17, 15) is 14.0 Å². The van der Waals surface area contributed by atoms with Crippen LogP contribution in [-0.2, 0) is 12.5 Å². The minimum absolute atomic E-state index is 0.0354. The van der Waals surface area contributed by atoms with Gasteiger partial charge in [0.2, 0.25) is 0 Å². The van der Waals surface area contributed by atoms with E-state index >= 15 is 0 Å². The predicted molar refractivity (Wildman–Crippen MR) is 107 cm³/mol. The lowest BCUT2D eigenvalue weighted by Gasteiger charge is -2.13. The van der Waals surface area contributed by atoms with Crippen molar-refractivity contribution in [3.8, 4) is 5.75 Å². The number of halogens is 1. The number of nitrogens with one attached hydrogen (secondary N) is 2. The van der Waals surface area contributed by atoms with Crippen LogP contribution in [0, 0.1) is 5.82 Å². The number of rotatable bonds is 6. The summed E-state index contributed by atoms with van der Waals surface area (Å²) in [6, 6.07) is 18.2. The molecule has 148 valence electrons. The molecule has 0 saturated carbocycles. The van der Waals surface area contributed by atoms with Crippen molar-refractivity contribution in [1.29, 1.82) is 0 Å². The average Bonchev–Trinajstić information content (AvgIpc) is 2.75. The molecule has 0 unspecified atom stereocenters. The summed E-state index contributed by atoms with van der Waals surface area (Å²) in [6.07, 6.45) is 0. The van der Waals surface area contributed by atoms with Crippen molar-refractivity contribution in [3.63, 3.8) is 0 Å². The Labute approximate surface area is 170 Å². The number of hydrogen-bond acceptors (Lipinski definition) is 6. The highest BCUT2D eigenvalue weighted by atomic mass is 32.1. The highest BCUT2D eigenvalue weighted by Gasteiger charge is 2.14. The van der Waals surface area contributed by atoms with Gasteiger partial charge in [-0.15, -0.1) is 0 Å². The Balaban J connectivity index is 0.00000145. The molecular formula is C20H15FN2O5S. The van der Waals surface area contributed by atoms with Crippen LogP contribution in [0.3, 0.4) is 0 Å². The monoisotopic (exact) mass is 414 g/mol. The quantitative estimate of drug-likeness (QED) is 0.526. The topological polar surface area (TPSA) is 105 Å². The van der Waals surface area contributed by atoms with E-state index in [4.69, 9.17) is 14.2 Å².